The van der Waals surface area contributed by atoms with Crippen LogP contribution in [0.3, 0.4) is 0 Å². The maximum absolute atomic E-state index is 13.3. The second-order valence-electron chi connectivity index (χ2n) is 7.18. The molecule has 3 aromatic rings. The Labute approximate surface area is 185 Å². The molecule has 3 rings (SSSR count). The zero-order valence-corrected chi connectivity index (χ0v) is 18.4. The van der Waals surface area contributed by atoms with Gasteiger partial charge in [0, 0.05) is 38.0 Å². The standard InChI is InChI=1S/C22H23FN4O4S/c1-15(28)16-5-9-19(10-6-16)32(30,31)25-12-11-20(29)26-21(22-24-13-14-27(22)2)17-3-7-18(23)8-4-17/h3-10,13-14,21,25H,11-12H2,1-2H3,(H,26,29). The van der Waals surface area contributed by atoms with Gasteiger partial charge in [0.15, 0.2) is 5.78 Å². The van der Waals surface area contributed by atoms with Crippen molar-refractivity contribution in [2.45, 2.75) is 24.3 Å². The average Bonchev–Trinajstić information content (AvgIpc) is 3.18. The highest BCUT2D eigenvalue weighted by molar-refractivity contribution is 7.89. The smallest absolute Gasteiger partial charge is 0.240 e. The van der Waals surface area contributed by atoms with Crippen LogP contribution >= 0.6 is 0 Å². The number of halogens is 1. The number of ketones is 1. The van der Waals surface area contributed by atoms with E-state index in [4.69, 9.17) is 0 Å². The molecule has 32 heavy (non-hydrogen) atoms. The molecule has 10 heteroatoms. The summed E-state index contributed by atoms with van der Waals surface area (Å²) in [5, 5.41) is 2.82. The van der Waals surface area contributed by atoms with Gasteiger partial charge in [-0.1, -0.05) is 24.3 Å². The molecular weight excluding hydrogens is 435 g/mol. The average molecular weight is 459 g/mol. The van der Waals surface area contributed by atoms with E-state index in [1.165, 1.54) is 43.3 Å². The normalized spacial score (nSPS) is 12.3. The third kappa shape index (κ3) is 5.65. The molecular formula is C22H23FN4O4S. The third-order valence-electron chi connectivity index (χ3n) is 4.84. The van der Waals surface area contributed by atoms with Gasteiger partial charge in [-0.3, -0.25) is 9.59 Å². The maximum Gasteiger partial charge on any atom is 0.240 e. The highest BCUT2D eigenvalue weighted by atomic mass is 32.2. The van der Waals surface area contributed by atoms with Gasteiger partial charge in [0.1, 0.15) is 17.7 Å². The highest BCUT2D eigenvalue weighted by Gasteiger charge is 2.21. The molecule has 0 bridgehead atoms. The van der Waals surface area contributed by atoms with Crippen LogP contribution in [0.1, 0.15) is 41.1 Å². The van der Waals surface area contributed by atoms with Crippen LogP contribution in [-0.2, 0) is 21.9 Å². The minimum absolute atomic E-state index is 0.0000993. The molecule has 1 heterocycles. The largest absolute Gasteiger partial charge is 0.342 e. The number of amides is 1. The van der Waals surface area contributed by atoms with Crippen LogP contribution in [0.2, 0.25) is 0 Å². The number of hydrogen-bond donors (Lipinski definition) is 2. The molecule has 0 saturated heterocycles. The summed E-state index contributed by atoms with van der Waals surface area (Å²) in [7, 11) is -2.06. The van der Waals surface area contributed by atoms with Crippen LogP contribution in [0.15, 0.2) is 65.8 Å². The Balaban J connectivity index is 1.64. The number of benzene rings is 2. The fourth-order valence-electron chi connectivity index (χ4n) is 3.09. The topological polar surface area (TPSA) is 110 Å². The van der Waals surface area contributed by atoms with E-state index in [2.05, 4.69) is 15.0 Å². The molecule has 0 aliphatic carbocycles. The third-order valence-corrected chi connectivity index (χ3v) is 6.32. The molecule has 0 saturated carbocycles. The van der Waals surface area contributed by atoms with Crippen molar-refractivity contribution in [3.8, 4) is 0 Å². The number of hydrogen-bond acceptors (Lipinski definition) is 5. The molecule has 8 nitrogen and oxygen atoms in total. The Morgan fingerprint density at radius 3 is 2.31 bits per heavy atom. The summed E-state index contributed by atoms with van der Waals surface area (Å²) in [5.74, 6) is -0.417. The first kappa shape index (κ1) is 23.3. The van der Waals surface area contributed by atoms with Gasteiger partial charge in [-0.05, 0) is 36.8 Å². The van der Waals surface area contributed by atoms with Gasteiger partial charge in [-0.2, -0.15) is 0 Å². The van der Waals surface area contributed by atoms with Gasteiger partial charge < -0.3 is 9.88 Å². The number of aryl methyl sites for hydroxylation is 1. The predicted octanol–water partition coefficient (Wildman–Crippen LogP) is 2.34. The number of carbonyl (C=O) groups excluding carboxylic acids is 2. The summed E-state index contributed by atoms with van der Waals surface area (Å²) in [6.07, 6.45) is 3.19. The number of aromatic nitrogens is 2. The maximum atomic E-state index is 13.3. The van der Waals surface area contributed by atoms with E-state index in [9.17, 15) is 22.4 Å². The molecule has 168 valence electrons. The summed E-state index contributed by atoms with van der Waals surface area (Å²) in [6, 6.07) is 10.6. The number of sulfonamides is 1. The lowest BCUT2D eigenvalue weighted by molar-refractivity contribution is -0.121. The molecule has 0 aliphatic heterocycles. The van der Waals surface area contributed by atoms with Crippen LogP contribution in [-0.4, -0.2) is 36.2 Å². The molecule has 2 N–H and O–H groups in total. The van der Waals surface area contributed by atoms with E-state index in [-0.39, 0.29) is 23.6 Å². The van der Waals surface area contributed by atoms with Crippen molar-refractivity contribution in [2.75, 3.05) is 6.54 Å². The lowest BCUT2D eigenvalue weighted by Crippen LogP contribution is -2.34. The molecule has 0 aliphatic rings. The van der Waals surface area contributed by atoms with Gasteiger partial charge in [0.25, 0.3) is 0 Å². The molecule has 1 aromatic heterocycles. The van der Waals surface area contributed by atoms with Crippen molar-refractivity contribution in [1.82, 2.24) is 19.6 Å². The zero-order chi connectivity index (χ0) is 23.3. The minimum Gasteiger partial charge on any atom is -0.342 e. The summed E-state index contributed by atoms with van der Waals surface area (Å²) in [4.78, 5) is 28.1. The Morgan fingerprint density at radius 2 is 1.75 bits per heavy atom. The summed E-state index contributed by atoms with van der Waals surface area (Å²) < 4.78 is 42.3. The zero-order valence-electron chi connectivity index (χ0n) is 17.6. The van der Waals surface area contributed by atoms with E-state index in [0.717, 1.165) is 0 Å². The second-order valence-corrected chi connectivity index (χ2v) is 8.94. The lowest BCUT2D eigenvalue weighted by Gasteiger charge is -2.19. The van der Waals surface area contributed by atoms with Crippen LogP contribution in [0.25, 0.3) is 0 Å². The van der Waals surface area contributed by atoms with E-state index in [0.29, 0.717) is 17.0 Å². The second kappa shape index (κ2) is 9.84. The summed E-state index contributed by atoms with van der Waals surface area (Å²) in [6.45, 7) is 1.27. The van der Waals surface area contributed by atoms with Crippen molar-refractivity contribution in [3.63, 3.8) is 0 Å². The number of carbonyl (C=O) groups is 2. The van der Waals surface area contributed by atoms with Crippen molar-refractivity contribution in [1.29, 1.82) is 0 Å². The predicted molar refractivity (Wildman–Crippen MR) is 116 cm³/mol. The van der Waals surface area contributed by atoms with Crippen LogP contribution < -0.4 is 10.0 Å². The lowest BCUT2D eigenvalue weighted by atomic mass is 10.1. The summed E-state index contributed by atoms with van der Waals surface area (Å²) >= 11 is 0. The molecule has 1 atom stereocenters. The van der Waals surface area contributed by atoms with Gasteiger partial charge in [0.2, 0.25) is 15.9 Å². The molecule has 0 fully saturated rings. The molecule has 1 unspecified atom stereocenters. The Hall–Kier alpha value is -3.37. The monoisotopic (exact) mass is 458 g/mol. The summed E-state index contributed by atoms with van der Waals surface area (Å²) in [5.41, 5.74) is 1.05. The first-order valence-electron chi connectivity index (χ1n) is 9.80. The molecule has 2 aromatic carbocycles. The van der Waals surface area contributed by atoms with Crippen LogP contribution in [0.4, 0.5) is 4.39 Å². The quantitative estimate of drug-likeness (QED) is 0.478. The van der Waals surface area contributed by atoms with Crippen molar-refractivity contribution < 1.29 is 22.4 Å². The number of imidazole rings is 1. The molecule has 0 spiro atoms. The number of rotatable bonds is 9. The number of nitrogens with one attached hydrogen (secondary N) is 2. The van der Waals surface area contributed by atoms with Crippen molar-refractivity contribution in [2.24, 2.45) is 7.05 Å². The van der Waals surface area contributed by atoms with Crippen molar-refractivity contribution in [3.05, 3.63) is 83.7 Å². The first-order chi connectivity index (χ1) is 15.2. The van der Waals surface area contributed by atoms with E-state index >= 15 is 0 Å². The van der Waals surface area contributed by atoms with Crippen LogP contribution in [0, 0.1) is 5.82 Å². The highest BCUT2D eigenvalue weighted by Crippen LogP contribution is 2.21. The number of Topliss-reactive ketones (excluding diaryl/α,β-unsaturated/α-hetero) is 1. The van der Waals surface area contributed by atoms with Gasteiger partial charge in [-0.25, -0.2) is 22.5 Å². The Kier molecular flexibility index (Phi) is 7.16. The Morgan fingerprint density at radius 1 is 1.09 bits per heavy atom. The fourth-order valence-corrected chi connectivity index (χ4v) is 4.12. The van der Waals surface area contributed by atoms with E-state index in [1.54, 1.807) is 36.1 Å². The first-order valence-corrected chi connectivity index (χ1v) is 11.3. The fraction of sp³-hybridized carbons (Fsp3) is 0.227. The van der Waals surface area contributed by atoms with E-state index in [1.807, 2.05) is 0 Å². The molecule has 1 amide bonds. The van der Waals surface area contributed by atoms with Crippen LogP contribution in [0.5, 0.6) is 0 Å². The van der Waals surface area contributed by atoms with E-state index < -0.39 is 27.8 Å². The SMILES string of the molecule is CC(=O)c1ccc(S(=O)(=O)NCCC(=O)NC(c2ccc(F)cc2)c2nccn2C)cc1. The number of nitrogens with zero attached hydrogens (tertiary/aromatic N) is 2. The van der Waals surface area contributed by atoms with Gasteiger partial charge >= 0.3 is 0 Å². The van der Waals surface area contributed by atoms with Crippen molar-refractivity contribution >= 4 is 21.7 Å². The molecule has 0 radical (unpaired) electrons. The minimum atomic E-state index is -3.83. The van der Waals surface area contributed by atoms with Gasteiger partial charge in [0.05, 0.1) is 4.90 Å². The van der Waals surface area contributed by atoms with Gasteiger partial charge in [-0.15, -0.1) is 0 Å². The Bertz CT molecular complexity index is 1210.